The molecule has 1 saturated heterocycles. The van der Waals surface area contributed by atoms with Crippen LogP contribution < -0.4 is 5.32 Å². The molecule has 2 aliphatic rings. The number of rotatable bonds is 7. The Hall–Kier alpha value is -0.610. The molecular formula is C18H34N2O2. The molecule has 2 rings (SSSR count). The minimum atomic E-state index is 0.228. The number of aliphatic hydroxyl groups is 1. The monoisotopic (exact) mass is 310 g/mol. The highest BCUT2D eigenvalue weighted by Crippen LogP contribution is 2.25. The Morgan fingerprint density at radius 1 is 1.23 bits per heavy atom. The van der Waals surface area contributed by atoms with Crippen LogP contribution in [0.25, 0.3) is 0 Å². The van der Waals surface area contributed by atoms with Crippen molar-refractivity contribution in [3.8, 4) is 0 Å². The maximum atomic E-state index is 12.4. The number of hydrogen-bond acceptors (Lipinski definition) is 3. The topological polar surface area (TPSA) is 52.6 Å². The maximum Gasteiger partial charge on any atom is 0.222 e. The second kappa shape index (κ2) is 8.88. The van der Waals surface area contributed by atoms with Crippen LogP contribution in [0.5, 0.6) is 0 Å². The van der Waals surface area contributed by atoms with Crippen molar-refractivity contribution in [2.75, 3.05) is 26.2 Å². The van der Waals surface area contributed by atoms with Crippen LogP contribution in [-0.2, 0) is 4.79 Å². The fourth-order valence-corrected chi connectivity index (χ4v) is 3.97. The van der Waals surface area contributed by atoms with E-state index in [1.54, 1.807) is 0 Å². The Balaban J connectivity index is 1.86. The molecule has 128 valence electrons. The summed E-state index contributed by atoms with van der Waals surface area (Å²) in [6, 6.07) is 0.405. The smallest absolute Gasteiger partial charge is 0.222 e. The second-order valence-corrected chi connectivity index (χ2v) is 7.77. The summed E-state index contributed by atoms with van der Waals surface area (Å²) in [5.41, 5.74) is 0. The number of carbonyl (C=O) groups excluding carboxylic acids is 1. The van der Waals surface area contributed by atoms with Crippen molar-refractivity contribution in [2.24, 2.45) is 17.8 Å². The first kappa shape index (κ1) is 17.7. The van der Waals surface area contributed by atoms with E-state index < -0.39 is 0 Å². The summed E-state index contributed by atoms with van der Waals surface area (Å²) in [6.45, 7) is 7.20. The number of aliphatic hydroxyl groups excluding tert-OH is 1. The highest BCUT2D eigenvalue weighted by molar-refractivity contribution is 5.76. The number of nitrogens with one attached hydrogen (secondary N) is 1. The summed E-state index contributed by atoms with van der Waals surface area (Å²) in [4.78, 5) is 14.4. The van der Waals surface area contributed by atoms with Gasteiger partial charge in [-0.3, -0.25) is 4.79 Å². The van der Waals surface area contributed by atoms with E-state index in [0.29, 0.717) is 24.3 Å². The fraction of sp³-hybridized carbons (Fsp3) is 0.944. The Morgan fingerprint density at radius 2 is 1.95 bits per heavy atom. The third-order valence-corrected chi connectivity index (χ3v) is 5.18. The summed E-state index contributed by atoms with van der Waals surface area (Å²) in [6.07, 6.45) is 8.02. The van der Waals surface area contributed by atoms with Gasteiger partial charge in [0.05, 0.1) is 0 Å². The molecule has 1 heterocycles. The van der Waals surface area contributed by atoms with Gasteiger partial charge in [-0.2, -0.15) is 0 Å². The molecule has 1 amide bonds. The van der Waals surface area contributed by atoms with Gasteiger partial charge in [-0.15, -0.1) is 0 Å². The van der Waals surface area contributed by atoms with E-state index >= 15 is 0 Å². The number of amides is 1. The lowest BCUT2D eigenvalue weighted by Gasteiger charge is -2.39. The van der Waals surface area contributed by atoms with Gasteiger partial charge in [-0.25, -0.2) is 0 Å². The Morgan fingerprint density at radius 3 is 2.59 bits per heavy atom. The summed E-state index contributed by atoms with van der Waals surface area (Å²) in [5.74, 6) is 1.97. The van der Waals surface area contributed by atoms with Gasteiger partial charge in [0, 0.05) is 32.2 Å². The molecule has 0 bridgehead atoms. The van der Waals surface area contributed by atoms with Gasteiger partial charge >= 0.3 is 0 Å². The van der Waals surface area contributed by atoms with Crippen molar-refractivity contribution in [2.45, 2.75) is 64.8 Å². The normalized spacial score (nSPS) is 26.8. The molecule has 1 saturated carbocycles. The lowest BCUT2D eigenvalue weighted by Crippen LogP contribution is -2.52. The van der Waals surface area contributed by atoms with Crippen molar-refractivity contribution < 1.29 is 9.90 Å². The number of carbonyl (C=O) groups is 1. The van der Waals surface area contributed by atoms with Gasteiger partial charge < -0.3 is 15.3 Å². The standard InChI is InChI=1S/C18H34N2O2/c1-14(2)9-18(22)20-12-16(7-8-21)10-17(13-20)19-11-15-5-3-4-6-15/h14-17,19,21H,3-13H2,1-2H3. The first-order valence-electron chi connectivity index (χ1n) is 9.20. The minimum absolute atomic E-state index is 0.228. The Kier molecular flexibility index (Phi) is 7.16. The Bertz CT molecular complexity index is 340. The summed E-state index contributed by atoms with van der Waals surface area (Å²) < 4.78 is 0. The largest absolute Gasteiger partial charge is 0.396 e. The van der Waals surface area contributed by atoms with Crippen LogP contribution in [0.4, 0.5) is 0 Å². The number of likely N-dealkylation sites (tertiary alicyclic amines) is 1. The average Bonchev–Trinajstić information content (AvgIpc) is 2.98. The van der Waals surface area contributed by atoms with E-state index in [4.69, 9.17) is 0 Å². The van der Waals surface area contributed by atoms with E-state index in [0.717, 1.165) is 38.4 Å². The van der Waals surface area contributed by atoms with Crippen molar-refractivity contribution in [3.63, 3.8) is 0 Å². The predicted octanol–water partition coefficient (Wildman–Crippen LogP) is 2.41. The van der Waals surface area contributed by atoms with Crippen molar-refractivity contribution in [3.05, 3.63) is 0 Å². The van der Waals surface area contributed by atoms with Crippen molar-refractivity contribution >= 4 is 5.91 Å². The zero-order valence-corrected chi connectivity index (χ0v) is 14.4. The molecule has 0 radical (unpaired) electrons. The molecule has 4 nitrogen and oxygen atoms in total. The molecule has 0 spiro atoms. The number of hydrogen-bond donors (Lipinski definition) is 2. The number of piperidine rings is 1. The van der Waals surface area contributed by atoms with Crippen LogP contribution in [-0.4, -0.2) is 48.2 Å². The molecule has 22 heavy (non-hydrogen) atoms. The van der Waals surface area contributed by atoms with E-state index in [9.17, 15) is 9.90 Å². The highest BCUT2D eigenvalue weighted by Gasteiger charge is 2.30. The molecule has 1 aliphatic heterocycles. The van der Waals surface area contributed by atoms with E-state index in [1.807, 2.05) is 4.90 Å². The van der Waals surface area contributed by atoms with Crippen LogP contribution in [0, 0.1) is 17.8 Å². The van der Waals surface area contributed by atoms with Crippen LogP contribution in [0.2, 0.25) is 0 Å². The first-order chi connectivity index (χ1) is 10.6. The van der Waals surface area contributed by atoms with Crippen LogP contribution in [0.3, 0.4) is 0 Å². The van der Waals surface area contributed by atoms with Gasteiger partial charge in [0.15, 0.2) is 0 Å². The lowest BCUT2D eigenvalue weighted by atomic mass is 9.90. The highest BCUT2D eigenvalue weighted by atomic mass is 16.3. The third kappa shape index (κ3) is 5.54. The molecule has 2 atom stereocenters. The molecule has 1 aliphatic carbocycles. The first-order valence-corrected chi connectivity index (χ1v) is 9.20. The van der Waals surface area contributed by atoms with Crippen LogP contribution in [0.15, 0.2) is 0 Å². The van der Waals surface area contributed by atoms with Crippen LogP contribution >= 0.6 is 0 Å². The van der Waals surface area contributed by atoms with Gasteiger partial charge in [-0.1, -0.05) is 26.7 Å². The zero-order chi connectivity index (χ0) is 15.9. The molecule has 2 unspecified atom stereocenters. The molecule has 2 N–H and O–H groups in total. The lowest BCUT2D eigenvalue weighted by molar-refractivity contribution is -0.134. The van der Waals surface area contributed by atoms with Gasteiger partial charge in [0.25, 0.3) is 0 Å². The predicted molar refractivity (Wildman–Crippen MR) is 89.6 cm³/mol. The quantitative estimate of drug-likeness (QED) is 0.759. The minimum Gasteiger partial charge on any atom is -0.396 e. The summed E-state index contributed by atoms with van der Waals surface area (Å²) in [5, 5.41) is 13.0. The van der Waals surface area contributed by atoms with Gasteiger partial charge in [0.1, 0.15) is 0 Å². The molecule has 0 aromatic heterocycles. The van der Waals surface area contributed by atoms with Gasteiger partial charge in [-0.05, 0) is 50.0 Å². The Labute approximate surface area is 135 Å². The third-order valence-electron chi connectivity index (χ3n) is 5.18. The fourth-order valence-electron chi connectivity index (χ4n) is 3.97. The molecule has 0 aromatic rings. The van der Waals surface area contributed by atoms with E-state index in [2.05, 4.69) is 19.2 Å². The van der Waals surface area contributed by atoms with Crippen molar-refractivity contribution in [1.29, 1.82) is 0 Å². The van der Waals surface area contributed by atoms with Crippen LogP contribution in [0.1, 0.15) is 58.8 Å². The van der Waals surface area contributed by atoms with E-state index in [-0.39, 0.29) is 12.5 Å². The van der Waals surface area contributed by atoms with Crippen molar-refractivity contribution in [1.82, 2.24) is 10.2 Å². The molecule has 0 aromatic carbocycles. The molecular weight excluding hydrogens is 276 g/mol. The SMILES string of the molecule is CC(C)CC(=O)N1CC(CCO)CC(NCC2CCCC2)C1. The molecule has 2 fully saturated rings. The van der Waals surface area contributed by atoms with E-state index in [1.165, 1.54) is 25.7 Å². The summed E-state index contributed by atoms with van der Waals surface area (Å²) >= 11 is 0. The maximum absolute atomic E-state index is 12.4. The molecule has 4 heteroatoms. The van der Waals surface area contributed by atoms with Gasteiger partial charge in [0.2, 0.25) is 5.91 Å². The zero-order valence-electron chi connectivity index (χ0n) is 14.4. The average molecular weight is 310 g/mol. The second-order valence-electron chi connectivity index (χ2n) is 7.77. The summed E-state index contributed by atoms with van der Waals surface area (Å²) in [7, 11) is 0. The number of nitrogens with zero attached hydrogens (tertiary/aromatic N) is 1.